The first kappa shape index (κ1) is 74.9. The molecule has 2 amide bonds. The number of aliphatic hydroxyl groups excluding tert-OH is 1. The topological polar surface area (TPSA) is 391 Å². The maximum absolute atomic E-state index is 13.8. The van der Waals surface area contributed by atoms with E-state index >= 15 is 0 Å². The number of amides is 2. The number of anilines is 10. The molecule has 530 valence electrons. The van der Waals surface area contributed by atoms with E-state index in [2.05, 4.69) is 51.1 Å². The number of nitrogens with zero attached hydrogens (tertiary/aromatic N) is 13. The molecule has 0 atom stereocenters. The summed E-state index contributed by atoms with van der Waals surface area (Å²) in [4.78, 5) is 86.9. The summed E-state index contributed by atoms with van der Waals surface area (Å²) in [5.41, 5.74) is 2.62. The van der Waals surface area contributed by atoms with Crippen LogP contribution in [0.4, 0.5) is 79.3 Å². The summed E-state index contributed by atoms with van der Waals surface area (Å²) < 4.78 is 77.7. The van der Waals surface area contributed by atoms with E-state index in [0.29, 0.717) is 108 Å². The summed E-state index contributed by atoms with van der Waals surface area (Å²) in [6, 6.07) is 16.8. The molecule has 3 aromatic heterocycles. The van der Waals surface area contributed by atoms with Gasteiger partial charge in [-0.15, -0.1) is 20.5 Å². The van der Waals surface area contributed by atoms with Crippen LogP contribution in [0, 0.1) is 0 Å². The molecule has 0 spiro atoms. The van der Waals surface area contributed by atoms with Crippen molar-refractivity contribution < 1.29 is 59.7 Å². The van der Waals surface area contributed by atoms with Crippen LogP contribution in [0.15, 0.2) is 119 Å². The quantitative estimate of drug-likeness (QED) is 0.00530. The van der Waals surface area contributed by atoms with Crippen molar-refractivity contribution in [3.05, 3.63) is 93.7 Å². The van der Waals surface area contributed by atoms with Crippen LogP contribution in [0.25, 0.3) is 12.2 Å². The third kappa shape index (κ3) is 19.1. The number of ether oxygens (including phenoxy) is 2. The summed E-state index contributed by atoms with van der Waals surface area (Å²) in [5.74, 6) is -0.403. The number of nitrogens with one attached hydrogen (secondary N) is 4. The SMILES string of the molecule is CCN(CC)c1cc(Nc2nc(Nc3cc(N(CC)CC)c(OC)cc3N=Nc3nc(N4CCCCC4)c(/C=C(\C(C)=O)C(=O)Nc4ccc(S(=O)(=O)O)cc4)s3)nc(SCCO)n2)c(N=Nc2nc(N3CCCCC3)c(/C=C(/C(C)=O)C(=O)Nc3ccc(S(=O)(=O)O)cc3)s2)cc1OC. The molecule has 0 saturated carbocycles. The number of methoxy groups -OCH3 is 2. The Morgan fingerprint density at radius 1 is 0.570 bits per heavy atom. The van der Waals surface area contributed by atoms with E-state index in [1.54, 1.807) is 26.4 Å². The Morgan fingerprint density at radius 3 is 1.28 bits per heavy atom. The predicted octanol–water partition coefficient (Wildman–Crippen LogP) is 12.6. The van der Waals surface area contributed by atoms with Crippen molar-refractivity contribution in [2.24, 2.45) is 20.5 Å². The molecule has 0 unspecified atom stereocenters. The molecule has 100 heavy (non-hydrogen) atoms. The smallest absolute Gasteiger partial charge is 0.294 e. The van der Waals surface area contributed by atoms with E-state index in [9.17, 15) is 50.2 Å². The minimum atomic E-state index is -4.50. The molecule has 2 fully saturated rings. The van der Waals surface area contributed by atoms with E-state index < -0.39 is 43.6 Å². The van der Waals surface area contributed by atoms with Crippen LogP contribution in [-0.4, -0.2) is 158 Å². The van der Waals surface area contributed by atoms with Gasteiger partial charge in [-0.2, -0.15) is 41.8 Å². The van der Waals surface area contributed by atoms with Crippen LogP contribution >= 0.6 is 34.4 Å². The molecule has 7 aromatic rings. The maximum atomic E-state index is 13.8. The van der Waals surface area contributed by atoms with Crippen LogP contribution in [0.5, 0.6) is 11.5 Å². The van der Waals surface area contributed by atoms with E-state index in [1.807, 2.05) is 39.8 Å². The zero-order chi connectivity index (χ0) is 71.8. The molecule has 0 aliphatic carbocycles. The van der Waals surface area contributed by atoms with Gasteiger partial charge in [-0.25, -0.2) is 0 Å². The molecule has 30 nitrogen and oxygen atoms in total. The fourth-order valence-corrected chi connectivity index (χ4v) is 14.1. The number of piperidine rings is 2. The largest absolute Gasteiger partial charge is 0.494 e. The summed E-state index contributed by atoms with van der Waals surface area (Å²) in [7, 11) is -5.90. The van der Waals surface area contributed by atoms with Gasteiger partial charge in [-0.3, -0.25) is 28.3 Å². The molecular weight excluding hydrogens is 1390 g/mol. The van der Waals surface area contributed by atoms with Crippen molar-refractivity contribution in [1.29, 1.82) is 0 Å². The van der Waals surface area contributed by atoms with Gasteiger partial charge >= 0.3 is 0 Å². The number of thiazole rings is 2. The molecule has 35 heteroatoms. The van der Waals surface area contributed by atoms with E-state index in [1.165, 1.54) is 62.0 Å². The monoisotopic (exact) mass is 1460 g/mol. The molecule has 2 saturated heterocycles. The second-order valence-electron chi connectivity index (χ2n) is 22.5. The zero-order valence-corrected chi connectivity index (χ0v) is 60.3. The normalized spacial score (nSPS) is 13.9. The Hall–Kier alpha value is -9.36. The summed E-state index contributed by atoms with van der Waals surface area (Å²) >= 11 is 3.38. The van der Waals surface area contributed by atoms with Crippen molar-refractivity contribution in [2.45, 2.75) is 95.0 Å². The molecule has 0 bridgehead atoms. The summed E-state index contributed by atoms with van der Waals surface area (Å²) in [5, 5.41) is 41.6. The lowest BCUT2D eigenvalue weighted by molar-refractivity contribution is -0.120. The highest BCUT2D eigenvalue weighted by Crippen LogP contribution is 2.45. The standard InChI is InChI=1S/C65H77N17O13S5/c1-9-79(10-2)51-35-47(49(37-53(51)94-7)75-77-64-70-57(81-27-15-13-16-28-81)55(97-64)33-45(39(5)84)59(86)66-41-19-23-43(24-20-41)99(88,89)90)68-61-72-62(74-63(73-61)96-32-31-83)69-48-36-52(80(11-3)12-4)54(95-8)38-50(48)76-78-65-71-58(82-29-17-14-18-30-82)56(98-65)34-46(40(6)85)60(87)67-42-21-25-44(26-22-42)100(91,92)93/h19-26,33-38,83H,9-18,27-32H2,1-8H3,(H,66,86)(H,67,87)(H,88,89,90)(H,91,92,93)(H2,68,69,72,73,74)/b45-33-,46-34+,77-75?,78-76?. The van der Waals surface area contributed by atoms with Gasteiger partial charge in [0.2, 0.25) is 22.2 Å². The van der Waals surface area contributed by atoms with Gasteiger partial charge < -0.3 is 55.4 Å². The van der Waals surface area contributed by atoms with Gasteiger partial charge in [-0.05, 0) is 153 Å². The summed E-state index contributed by atoms with van der Waals surface area (Å²) in [6.07, 6.45) is 8.41. The van der Waals surface area contributed by atoms with E-state index in [-0.39, 0.29) is 83.4 Å². The first-order valence-electron chi connectivity index (χ1n) is 32.0. The molecule has 2 aliphatic rings. The van der Waals surface area contributed by atoms with Gasteiger partial charge in [0.15, 0.2) is 16.7 Å². The molecular formula is C65H77N17O13S5. The Balaban J connectivity index is 1.10. The third-order valence-corrected chi connectivity index (χ3v) is 20.2. The Kier molecular flexibility index (Phi) is 25.6. The number of ketones is 2. The number of benzene rings is 4. The van der Waals surface area contributed by atoms with E-state index in [0.717, 1.165) is 85.5 Å². The fraction of sp³-hybridized carbons (Fsp3) is 0.369. The van der Waals surface area contributed by atoms with Gasteiger partial charge in [0.25, 0.3) is 32.1 Å². The predicted molar refractivity (Wildman–Crippen MR) is 389 cm³/mol. The van der Waals surface area contributed by atoms with Crippen molar-refractivity contribution in [3.8, 4) is 11.5 Å². The molecule has 4 aromatic carbocycles. The average Bonchev–Trinajstić information content (AvgIpc) is 1.30. The zero-order valence-electron chi connectivity index (χ0n) is 56.2. The Bertz CT molecular complexity index is 4210. The minimum absolute atomic E-state index is 0.0476. The minimum Gasteiger partial charge on any atom is -0.494 e. The fourth-order valence-electron chi connectivity index (χ4n) is 10.8. The number of azo groups is 2. The number of thioether (sulfide) groups is 1. The second kappa shape index (κ2) is 34.1. The first-order valence-corrected chi connectivity index (χ1v) is 37.5. The number of hydrogen-bond acceptors (Lipinski definition) is 29. The summed E-state index contributed by atoms with van der Waals surface area (Å²) in [6.45, 7) is 15.4. The number of carbonyl (C=O) groups is 4. The van der Waals surface area contributed by atoms with Crippen molar-refractivity contribution in [2.75, 3.05) is 120 Å². The van der Waals surface area contributed by atoms with Crippen molar-refractivity contribution in [3.63, 3.8) is 0 Å². The van der Waals surface area contributed by atoms with Gasteiger partial charge in [0, 0.05) is 81.6 Å². The van der Waals surface area contributed by atoms with Crippen molar-refractivity contribution >= 4 is 169 Å². The molecule has 5 heterocycles. The Morgan fingerprint density at radius 2 is 0.950 bits per heavy atom. The Labute approximate surface area is 591 Å². The number of carbonyl (C=O) groups excluding carboxylic acids is 4. The number of aliphatic hydroxyl groups is 1. The highest BCUT2D eigenvalue weighted by molar-refractivity contribution is 7.99. The second-order valence-corrected chi connectivity index (χ2v) is 28.4. The van der Waals surface area contributed by atoms with Gasteiger partial charge in [-0.1, -0.05) is 34.4 Å². The highest BCUT2D eigenvalue weighted by Gasteiger charge is 2.27. The van der Waals surface area contributed by atoms with Crippen LogP contribution in [-0.2, 0) is 39.4 Å². The van der Waals surface area contributed by atoms with Crippen LogP contribution in [0.2, 0.25) is 0 Å². The number of aromatic nitrogens is 5. The highest BCUT2D eigenvalue weighted by atomic mass is 32.2. The van der Waals surface area contributed by atoms with E-state index in [4.69, 9.17) is 44.6 Å². The van der Waals surface area contributed by atoms with Crippen molar-refractivity contribution in [1.82, 2.24) is 24.9 Å². The molecule has 7 N–H and O–H groups in total. The molecule has 0 radical (unpaired) electrons. The van der Waals surface area contributed by atoms with Crippen LogP contribution in [0.1, 0.15) is 89.8 Å². The number of hydrogen-bond donors (Lipinski definition) is 7. The first-order chi connectivity index (χ1) is 47.9. The molecule has 9 rings (SSSR count). The van der Waals surface area contributed by atoms with Gasteiger partial charge in [0.1, 0.15) is 34.5 Å². The lowest BCUT2D eigenvalue weighted by Gasteiger charge is -2.27. The number of Topliss-reactive ketones (excluding diaryl/α,β-unsaturated/α-hetero) is 2. The molecule has 2 aliphatic heterocycles. The maximum Gasteiger partial charge on any atom is 0.294 e. The number of rotatable bonds is 31. The van der Waals surface area contributed by atoms with Crippen LogP contribution < -0.4 is 50.3 Å². The lowest BCUT2D eigenvalue weighted by atomic mass is 10.1. The van der Waals surface area contributed by atoms with Gasteiger partial charge in [0.05, 0.1) is 74.3 Å². The lowest BCUT2D eigenvalue weighted by Crippen LogP contribution is -2.30. The third-order valence-electron chi connectivity index (χ3n) is 15.9. The average molecular weight is 1460 g/mol. The van der Waals surface area contributed by atoms with Crippen LogP contribution in [0.3, 0.4) is 0 Å².